The SMILES string of the molecule is CN(C)CC/C=C1/c2cc(F)ccc2Sc2ccc(Cl)cc21. The molecule has 1 heterocycles. The van der Waals surface area contributed by atoms with E-state index in [0.29, 0.717) is 5.02 Å². The minimum atomic E-state index is -0.205. The Morgan fingerprint density at radius 2 is 1.77 bits per heavy atom. The van der Waals surface area contributed by atoms with Crippen LogP contribution in [0.3, 0.4) is 0 Å². The largest absolute Gasteiger partial charge is 0.309 e. The second-order valence-electron chi connectivity index (χ2n) is 5.59. The van der Waals surface area contributed by atoms with E-state index in [1.807, 2.05) is 38.4 Å². The summed E-state index contributed by atoms with van der Waals surface area (Å²) in [5.74, 6) is -0.205. The average Bonchev–Trinajstić information content (AvgIpc) is 2.47. The lowest BCUT2D eigenvalue weighted by Gasteiger charge is -2.22. The van der Waals surface area contributed by atoms with Crippen molar-refractivity contribution in [3.63, 3.8) is 0 Å². The van der Waals surface area contributed by atoms with E-state index in [9.17, 15) is 4.39 Å². The van der Waals surface area contributed by atoms with Crippen LogP contribution in [0.25, 0.3) is 5.57 Å². The van der Waals surface area contributed by atoms with Gasteiger partial charge in [-0.25, -0.2) is 4.39 Å². The Balaban J connectivity index is 2.09. The van der Waals surface area contributed by atoms with E-state index in [1.165, 1.54) is 11.0 Å². The fraction of sp³-hybridized carbons (Fsp3) is 0.222. The lowest BCUT2D eigenvalue weighted by atomic mass is 9.96. The van der Waals surface area contributed by atoms with Gasteiger partial charge < -0.3 is 4.90 Å². The number of nitrogens with zero attached hydrogens (tertiary/aromatic N) is 1. The summed E-state index contributed by atoms with van der Waals surface area (Å²) in [7, 11) is 4.10. The van der Waals surface area contributed by atoms with Crippen molar-refractivity contribution in [1.29, 1.82) is 0 Å². The zero-order chi connectivity index (χ0) is 15.7. The van der Waals surface area contributed by atoms with Gasteiger partial charge in [0.05, 0.1) is 0 Å². The monoisotopic (exact) mass is 333 g/mol. The highest BCUT2D eigenvalue weighted by Gasteiger charge is 2.21. The van der Waals surface area contributed by atoms with Crippen LogP contribution in [0.4, 0.5) is 4.39 Å². The Morgan fingerprint density at radius 1 is 1.09 bits per heavy atom. The van der Waals surface area contributed by atoms with Gasteiger partial charge in [0.1, 0.15) is 5.82 Å². The van der Waals surface area contributed by atoms with Crippen LogP contribution in [0, 0.1) is 5.82 Å². The van der Waals surface area contributed by atoms with Crippen LogP contribution >= 0.6 is 23.4 Å². The molecule has 0 unspecified atom stereocenters. The molecule has 1 nitrogen and oxygen atoms in total. The summed E-state index contributed by atoms with van der Waals surface area (Å²) in [6.45, 7) is 0.956. The second kappa shape index (κ2) is 6.45. The third-order valence-electron chi connectivity index (χ3n) is 3.61. The van der Waals surface area contributed by atoms with Gasteiger partial charge in [-0.05, 0) is 73.6 Å². The fourth-order valence-corrected chi connectivity index (χ4v) is 3.79. The Morgan fingerprint density at radius 3 is 2.50 bits per heavy atom. The maximum absolute atomic E-state index is 13.7. The molecule has 0 aromatic heterocycles. The van der Waals surface area contributed by atoms with Crippen molar-refractivity contribution in [2.24, 2.45) is 0 Å². The molecule has 1 aliphatic heterocycles. The van der Waals surface area contributed by atoms with Crippen molar-refractivity contribution < 1.29 is 4.39 Å². The Labute approximate surface area is 139 Å². The first-order valence-corrected chi connectivity index (χ1v) is 8.36. The lowest BCUT2D eigenvalue weighted by Crippen LogP contribution is -2.12. The van der Waals surface area contributed by atoms with Gasteiger partial charge in [0.15, 0.2) is 0 Å². The molecule has 2 aromatic carbocycles. The van der Waals surface area contributed by atoms with Crippen LogP contribution in [-0.4, -0.2) is 25.5 Å². The maximum Gasteiger partial charge on any atom is 0.123 e. The van der Waals surface area contributed by atoms with Crippen LogP contribution in [0.2, 0.25) is 5.02 Å². The molecular formula is C18H17ClFNS. The summed E-state index contributed by atoms with van der Waals surface area (Å²) in [4.78, 5) is 4.40. The Kier molecular flexibility index (Phi) is 4.57. The third kappa shape index (κ3) is 3.22. The van der Waals surface area contributed by atoms with Gasteiger partial charge in [0.2, 0.25) is 0 Å². The molecule has 0 fully saturated rings. The summed E-state index contributed by atoms with van der Waals surface area (Å²) in [5.41, 5.74) is 3.13. The van der Waals surface area contributed by atoms with Gasteiger partial charge >= 0.3 is 0 Å². The highest BCUT2D eigenvalue weighted by Crippen LogP contribution is 2.46. The molecule has 0 amide bonds. The summed E-state index contributed by atoms with van der Waals surface area (Å²) >= 11 is 7.83. The van der Waals surface area contributed by atoms with Crippen molar-refractivity contribution in [1.82, 2.24) is 4.90 Å². The molecule has 114 valence electrons. The van der Waals surface area contributed by atoms with E-state index >= 15 is 0 Å². The molecule has 0 saturated carbocycles. The quantitative estimate of drug-likeness (QED) is 0.637. The molecule has 0 N–H and O–H groups in total. The topological polar surface area (TPSA) is 3.24 Å². The smallest absolute Gasteiger partial charge is 0.123 e. The van der Waals surface area contributed by atoms with E-state index < -0.39 is 0 Å². The first-order chi connectivity index (χ1) is 10.5. The summed E-state index contributed by atoms with van der Waals surface area (Å²) < 4.78 is 13.7. The highest BCUT2D eigenvalue weighted by molar-refractivity contribution is 7.99. The average molecular weight is 334 g/mol. The van der Waals surface area contributed by atoms with Gasteiger partial charge in [-0.1, -0.05) is 29.4 Å². The Bertz CT molecular complexity index is 686. The minimum absolute atomic E-state index is 0.205. The molecule has 1 aliphatic rings. The molecular weight excluding hydrogens is 317 g/mol. The molecule has 0 spiro atoms. The number of rotatable bonds is 3. The first kappa shape index (κ1) is 15.6. The van der Waals surface area contributed by atoms with E-state index in [0.717, 1.165) is 34.6 Å². The van der Waals surface area contributed by atoms with Crippen LogP contribution in [0.5, 0.6) is 0 Å². The zero-order valence-corrected chi connectivity index (χ0v) is 14.1. The van der Waals surface area contributed by atoms with Gasteiger partial charge in [0, 0.05) is 21.4 Å². The van der Waals surface area contributed by atoms with Crippen molar-refractivity contribution in [3.05, 3.63) is 64.4 Å². The molecule has 0 aliphatic carbocycles. The standard InChI is InChI=1S/C18H17ClFNS/c1-21(2)9-3-4-14-15-10-12(19)5-7-17(15)22-18-8-6-13(20)11-16(14)18/h4-8,10-11H,3,9H2,1-2H3/b14-4+. The minimum Gasteiger partial charge on any atom is -0.309 e. The normalized spacial score (nSPS) is 15.0. The molecule has 0 atom stereocenters. The zero-order valence-electron chi connectivity index (χ0n) is 12.6. The predicted molar refractivity (Wildman–Crippen MR) is 92.2 cm³/mol. The van der Waals surface area contributed by atoms with E-state index in [4.69, 9.17) is 11.6 Å². The first-order valence-electron chi connectivity index (χ1n) is 7.17. The molecule has 2 aromatic rings. The number of halogens is 2. The third-order valence-corrected chi connectivity index (χ3v) is 5.00. The highest BCUT2D eigenvalue weighted by atomic mass is 35.5. The van der Waals surface area contributed by atoms with Gasteiger partial charge in [-0.3, -0.25) is 0 Å². The molecule has 0 bridgehead atoms. The van der Waals surface area contributed by atoms with Crippen LogP contribution in [0.1, 0.15) is 17.5 Å². The fourth-order valence-electron chi connectivity index (χ4n) is 2.55. The van der Waals surface area contributed by atoms with E-state index in [-0.39, 0.29) is 5.82 Å². The van der Waals surface area contributed by atoms with Crippen LogP contribution in [-0.2, 0) is 0 Å². The number of benzene rings is 2. The summed E-state index contributed by atoms with van der Waals surface area (Å²) in [6, 6.07) is 10.9. The van der Waals surface area contributed by atoms with Crippen molar-refractivity contribution in [2.75, 3.05) is 20.6 Å². The molecule has 3 rings (SSSR count). The predicted octanol–water partition coefficient (Wildman–Crippen LogP) is 5.33. The summed E-state index contributed by atoms with van der Waals surface area (Å²) in [6.07, 6.45) is 3.10. The van der Waals surface area contributed by atoms with Crippen molar-refractivity contribution >= 4 is 28.9 Å². The molecule has 4 heteroatoms. The van der Waals surface area contributed by atoms with E-state index in [2.05, 4.69) is 11.0 Å². The van der Waals surface area contributed by atoms with E-state index in [1.54, 1.807) is 17.8 Å². The number of hydrogen-bond acceptors (Lipinski definition) is 2. The lowest BCUT2D eigenvalue weighted by molar-refractivity contribution is 0.417. The Hall–Kier alpha value is -1.29. The van der Waals surface area contributed by atoms with Crippen LogP contribution in [0.15, 0.2) is 52.3 Å². The van der Waals surface area contributed by atoms with Gasteiger partial charge in [-0.2, -0.15) is 0 Å². The second-order valence-corrected chi connectivity index (χ2v) is 7.11. The van der Waals surface area contributed by atoms with Gasteiger partial charge in [-0.15, -0.1) is 0 Å². The van der Waals surface area contributed by atoms with Gasteiger partial charge in [0.25, 0.3) is 0 Å². The number of fused-ring (bicyclic) bond motifs is 2. The summed E-state index contributed by atoms with van der Waals surface area (Å²) in [5, 5.41) is 0.706. The molecule has 0 radical (unpaired) electrons. The molecule has 22 heavy (non-hydrogen) atoms. The molecule has 0 saturated heterocycles. The number of hydrogen-bond donors (Lipinski definition) is 0. The van der Waals surface area contributed by atoms with Crippen LogP contribution < -0.4 is 0 Å². The van der Waals surface area contributed by atoms with Crippen molar-refractivity contribution in [2.45, 2.75) is 16.2 Å². The maximum atomic E-state index is 13.7. The van der Waals surface area contributed by atoms with Crippen molar-refractivity contribution in [3.8, 4) is 0 Å².